The van der Waals surface area contributed by atoms with E-state index in [-0.39, 0.29) is 17.9 Å². The molecule has 20 heavy (non-hydrogen) atoms. The van der Waals surface area contributed by atoms with E-state index in [2.05, 4.69) is 5.32 Å². The molecule has 0 aliphatic carbocycles. The summed E-state index contributed by atoms with van der Waals surface area (Å²) in [5.41, 5.74) is 3.17. The van der Waals surface area contributed by atoms with Crippen LogP contribution in [0, 0.1) is 25.5 Å². The van der Waals surface area contributed by atoms with Gasteiger partial charge in [-0.3, -0.25) is 4.79 Å². The lowest BCUT2D eigenvalue weighted by molar-refractivity contribution is 0.101. The van der Waals surface area contributed by atoms with Crippen LogP contribution in [0.2, 0.25) is 0 Å². The Balaban J connectivity index is 2.06. The molecule has 0 fully saturated rings. The highest BCUT2D eigenvalue weighted by atomic mass is 19.2. The number of halogens is 2. The summed E-state index contributed by atoms with van der Waals surface area (Å²) in [6.07, 6.45) is 0. The molecule has 0 aliphatic heterocycles. The topological polar surface area (TPSA) is 29.1 Å². The summed E-state index contributed by atoms with van der Waals surface area (Å²) >= 11 is 0. The molecule has 2 aromatic rings. The van der Waals surface area contributed by atoms with E-state index in [1.165, 1.54) is 6.07 Å². The van der Waals surface area contributed by atoms with E-state index in [9.17, 15) is 13.6 Å². The normalized spacial score (nSPS) is 10.4. The Morgan fingerprint density at radius 1 is 1.00 bits per heavy atom. The lowest BCUT2D eigenvalue weighted by Crippen LogP contribution is -2.14. The van der Waals surface area contributed by atoms with Gasteiger partial charge in [-0.15, -0.1) is 0 Å². The van der Waals surface area contributed by atoms with Gasteiger partial charge in [0.15, 0.2) is 17.4 Å². The van der Waals surface area contributed by atoms with Crippen LogP contribution in [0.1, 0.15) is 21.5 Å². The number of hydrogen-bond acceptors (Lipinski definition) is 2. The summed E-state index contributed by atoms with van der Waals surface area (Å²) in [6.45, 7) is 3.97. The minimum Gasteiger partial charge on any atom is -0.378 e. The monoisotopic (exact) mass is 275 g/mol. The lowest BCUT2D eigenvalue weighted by atomic mass is 10.1. The molecule has 0 unspecified atom stereocenters. The van der Waals surface area contributed by atoms with Crippen LogP contribution in [-0.2, 0) is 0 Å². The predicted molar refractivity (Wildman–Crippen MR) is 75.1 cm³/mol. The van der Waals surface area contributed by atoms with Crippen molar-refractivity contribution in [2.45, 2.75) is 13.8 Å². The molecule has 0 amide bonds. The quantitative estimate of drug-likeness (QED) is 0.858. The number of rotatable bonds is 4. The molecule has 0 spiro atoms. The smallest absolute Gasteiger partial charge is 0.181 e. The Bertz CT molecular complexity index is 633. The van der Waals surface area contributed by atoms with Crippen molar-refractivity contribution in [2.75, 3.05) is 11.9 Å². The van der Waals surface area contributed by atoms with Crippen molar-refractivity contribution in [3.05, 3.63) is 64.7 Å². The molecule has 0 atom stereocenters. The SMILES string of the molecule is Cc1cc(C)cc(NCC(=O)c2ccc(F)c(F)c2)c1. The zero-order valence-electron chi connectivity index (χ0n) is 11.3. The van der Waals surface area contributed by atoms with Gasteiger partial charge in [0.2, 0.25) is 0 Å². The van der Waals surface area contributed by atoms with Gasteiger partial charge >= 0.3 is 0 Å². The summed E-state index contributed by atoms with van der Waals surface area (Å²) in [7, 11) is 0. The Labute approximate surface area is 116 Å². The van der Waals surface area contributed by atoms with Gasteiger partial charge in [-0.05, 0) is 55.3 Å². The van der Waals surface area contributed by atoms with Crippen molar-refractivity contribution in [2.24, 2.45) is 0 Å². The van der Waals surface area contributed by atoms with Gasteiger partial charge in [0.1, 0.15) is 0 Å². The van der Waals surface area contributed by atoms with Crippen LogP contribution in [0.4, 0.5) is 14.5 Å². The predicted octanol–water partition coefficient (Wildman–Crippen LogP) is 3.88. The minimum absolute atomic E-state index is 0.0357. The molecule has 2 rings (SSSR count). The summed E-state index contributed by atoms with van der Waals surface area (Å²) in [4.78, 5) is 11.9. The van der Waals surface area contributed by atoms with Crippen molar-refractivity contribution >= 4 is 11.5 Å². The summed E-state index contributed by atoms with van der Waals surface area (Å²) in [6, 6.07) is 9.03. The van der Waals surface area contributed by atoms with Gasteiger partial charge in [0.05, 0.1) is 6.54 Å². The molecule has 4 heteroatoms. The molecule has 0 saturated heterocycles. The molecule has 104 valence electrons. The van der Waals surface area contributed by atoms with Crippen LogP contribution in [0.5, 0.6) is 0 Å². The number of aryl methyl sites for hydroxylation is 2. The summed E-state index contributed by atoms with van der Waals surface area (Å²) < 4.78 is 25.9. The molecule has 0 bridgehead atoms. The number of benzene rings is 2. The highest BCUT2D eigenvalue weighted by molar-refractivity contribution is 5.98. The van der Waals surface area contributed by atoms with E-state index in [4.69, 9.17) is 0 Å². The summed E-state index contributed by atoms with van der Waals surface area (Å²) in [5, 5.41) is 2.99. The van der Waals surface area contributed by atoms with E-state index in [1.54, 1.807) is 0 Å². The molecular weight excluding hydrogens is 260 g/mol. The lowest BCUT2D eigenvalue weighted by Gasteiger charge is -2.08. The van der Waals surface area contributed by atoms with E-state index >= 15 is 0 Å². The first kappa shape index (κ1) is 14.2. The van der Waals surface area contributed by atoms with E-state index in [0.717, 1.165) is 28.9 Å². The second kappa shape index (κ2) is 5.82. The summed E-state index contributed by atoms with van der Waals surface area (Å²) in [5.74, 6) is -2.26. The van der Waals surface area contributed by atoms with E-state index in [0.29, 0.717) is 0 Å². The van der Waals surface area contributed by atoms with Gasteiger partial charge in [-0.2, -0.15) is 0 Å². The van der Waals surface area contributed by atoms with Crippen LogP contribution < -0.4 is 5.32 Å². The zero-order valence-corrected chi connectivity index (χ0v) is 11.3. The minimum atomic E-state index is -1.01. The number of carbonyl (C=O) groups excluding carboxylic acids is 1. The fourth-order valence-corrected chi connectivity index (χ4v) is 2.03. The Kier molecular flexibility index (Phi) is 4.13. The highest BCUT2D eigenvalue weighted by Crippen LogP contribution is 2.14. The van der Waals surface area contributed by atoms with Crippen LogP contribution in [0.25, 0.3) is 0 Å². The number of nitrogens with one attached hydrogen (secondary N) is 1. The van der Waals surface area contributed by atoms with Crippen LogP contribution in [0.15, 0.2) is 36.4 Å². The van der Waals surface area contributed by atoms with Crippen molar-refractivity contribution in [3.63, 3.8) is 0 Å². The first-order valence-electron chi connectivity index (χ1n) is 6.26. The van der Waals surface area contributed by atoms with Gasteiger partial charge < -0.3 is 5.32 Å². The number of Topliss-reactive ketones (excluding diaryl/α,β-unsaturated/α-hetero) is 1. The van der Waals surface area contributed by atoms with Crippen LogP contribution in [0.3, 0.4) is 0 Å². The van der Waals surface area contributed by atoms with Gasteiger partial charge in [0, 0.05) is 11.3 Å². The van der Waals surface area contributed by atoms with Crippen molar-refractivity contribution < 1.29 is 13.6 Å². The second-order valence-corrected chi connectivity index (χ2v) is 4.78. The highest BCUT2D eigenvalue weighted by Gasteiger charge is 2.09. The second-order valence-electron chi connectivity index (χ2n) is 4.78. The number of carbonyl (C=O) groups is 1. The largest absolute Gasteiger partial charge is 0.378 e. The van der Waals surface area contributed by atoms with E-state index < -0.39 is 11.6 Å². The zero-order chi connectivity index (χ0) is 14.7. The molecule has 0 radical (unpaired) electrons. The van der Waals surface area contributed by atoms with Crippen LogP contribution in [-0.4, -0.2) is 12.3 Å². The standard InChI is InChI=1S/C16H15F2NO/c1-10-5-11(2)7-13(6-10)19-9-16(20)12-3-4-14(17)15(18)8-12/h3-8,19H,9H2,1-2H3. The van der Waals surface area contributed by atoms with E-state index in [1.807, 2.05) is 32.0 Å². The molecule has 0 heterocycles. The van der Waals surface area contributed by atoms with Gasteiger partial charge in [-0.1, -0.05) is 6.07 Å². The third kappa shape index (κ3) is 3.41. The fourth-order valence-electron chi connectivity index (χ4n) is 2.03. The Morgan fingerprint density at radius 2 is 1.65 bits per heavy atom. The third-order valence-corrected chi connectivity index (χ3v) is 2.92. The van der Waals surface area contributed by atoms with Crippen LogP contribution >= 0.6 is 0 Å². The average Bonchev–Trinajstić information content (AvgIpc) is 2.38. The maximum absolute atomic E-state index is 13.1. The number of ketones is 1. The van der Waals surface area contributed by atoms with Gasteiger partial charge in [0.25, 0.3) is 0 Å². The maximum Gasteiger partial charge on any atom is 0.181 e. The molecule has 0 aliphatic rings. The first-order valence-corrected chi connectivity index (χ1v) is 6.26. The first-order chi connectivity index (χ1) is 9.45. The molecule has 2 aromatic carbocycles. The Morgan fingerprint density at radius 3 is 2.25 bits per heavy atom. The molecule has 1 N–H and O–H groups in total. The molecule has 0 aromatic heterocycles. The Hall–Kier alpha value is -2.23. The molecule has 2 nitrogen and oxygen atoms in total. The van der Waals surface area contributed by atoms with Crippen molar-refractivity contribution in [3.8, 4) is 0 Å². The number of anilines is 1. The average molecular weight is 275 g/mol. The fraction of sp³-hybridized carbons (Fsp3) is 0.188. The number of hydrogen-bond donors (Lipinski definition) is 1. The van der Waals surface area contributed by atoms with Gasteiger partial charge in [-0.25, -0.2) is 8.78 Å². The third-order valence-electron chi connectivity index (χ3n) is 2.92. The molecular formula is C16H15F2NO. The van der Waals surface area contributed by atoms with Crippen molar-refractivity contribution in [1.29, 1.82) is 0 Å². The molecule has 0 saturated carbocycles. The maximum atomic E-state index is 13.1. The van der Waals surface area contributed by atoms with Crippen molar-refractivity contribution in [1.82, 2.24) is 0 Å².